The zero-order chi connectivity index (χ0) is 34.6. The number of nitrogens with zero attached hydrogens (tertiary/aromatic N) is 3. The number of carbonyl (C=O) groups is 4. The molecule has 48 heavy (non-hydrogen) atoms. The summed E-state index contributed by atoms with van der Waals surface area (Å²) >= 11 is 2.06. The third kappa shape index (κ3) is 9.13. The van der Waals surface area contributed by atoms with Crippen molar-refractivity contribution in [3.63, 3.8) is 0 Å². The highest BCUT2D eigenvalue weighted by Crippen LogP contribution is 2.35. The molecule has 0 aliphatic carbocycles. The Morgan fingerprint density at radius 3 is 2.17 bits per heavy atom. The second-order valence-electron chi connectivity index (χ2n) is 10.0. The third-order valence-electron chi connectivity index (χ3n) is 6.75. The number of anilines is 1. The zero-order valence-corrected chi connectivity index (χ0v) is 28.9. The first-order valence-corrected chi connectivity index (χ1v) is 17.0. The summed E-state index contributed by atoms with van der Waals surface area (Å²) in [4.78, 5) is 51.5. The monoisotopic (exact) mass is 695 g/mol. The Morgan fingerprint density at radius 2 is 1.52 bits per heavy atom. The summed E-state index contributed by atoms with van der Waals surface area (Å²) in [6, 6.07) is 14.5. The number of amides is 2. The van der Waals surface area contributed by atoms with Gasteiger partial charge >= 0.3 is 11.9 Å². The molecule has 13 nitrogen and oxygen atoms in total. The first kappa shape index (κ1) is 36.0. The fourth-order valence-corrected chi connectivity index (χ4v) is 6.41. The number of hydrogen-bond acceptors (Lipinski definition) is 12. The lowest BCUT2D eigenvalue weighted by atomic mass is 10.1. The highest BCUT2D eigenvalue weighted by molar-refractivity contribution is 7.99. The van der Waals surface area contributed by atoms with Crippen LogP contribution in [0.4, 0.5) is 5.00 Å². The van der Waals surface area contributed by atoms with Crippen LogP contribution < -0.4 is 20.1 Å². The van der Waals surface area contributed by atoms with Gasteiger partial charge in [0.15, 0.2) is 11.0 Å². The van der Waals surface area contributed by atoms with Crippen molar-refractivity contribution in [2.75, 3.05) is 38.0 Å². The molecule has 2 heterocycles. The molecule has 0 fully saturated rings. The second-order valence-corrected chi connectivity index (χ2v) is 12.0. The van der Waals surface area contributed by atoms with Gasteiger partial charge in [0.05, 0.1) is 51.2 Å². The molecule has 2 amide bonds. The maximum atomic E-state index is 13.2. The summed E-state index contributed by atoms with van der Waals surface area (Å²) in [5.74, 6) is -0.171. The SMILES string of the molecule is CCOC(=O)c1sc(NC(=O)CSc2nnc(CNC(=O)Cc3ccc(OC)cc3)n2-c2ccc(OCC)cc2)c(C(=O)OCC)c1C. The molecule has 254 valence electrons. The molecular weight excluding hydrogens is 659 g/mol. The molecule has 0 spiro atoms. The van der Waals surface area contributed by atoms with Gasteiger partial charge in [-0.25, -0.2) is 9.59 Å². The van der Waals surface area contributed by atoms with Gasteiger partial charge in [-0.3, -0.25) is 14.2 Å². The first-order chi connectivity index (χ1) is 23.2. The number of ether oxygens (including phenoxy) is 4. The molecule has 2 aromatic heterocycles. The van der Waals surface area contributed by atoms with Crippen LogP contribution in [-0.2, 0) is 32.0 Å². The van der Waals surface area contributed by atoms with Crippen LogP contribution in [0.2, 0.25) is 0 Å². The van der Waals surface area contributed by atoms with Crippen molar-refractivity contribution in [2.45, 2.75) is 45.8 Å². The van der Waals surface area contributed by atoms with Gasteiger partial charge in [-0.2, -0.15) is 0 Å². The number of hydrogen-bond donors (Lipinski definition) is 2. The molecule has 0 saturated carbocycles. The Labute approximate surface area is 286 Å². The minimum Gasteiger partial charge on any atom is -0.497 e. The number of thioether (sulfide) groups is 1. The average Bonchev–Trinajstić information content (AvgIpc) is 3.63. The predicted octanol–water partition coefficient (Wildman–Crippen LogP) is 4.99. The van der Waals surface area contributed by atoms with Crippen molar-refractivity contribution in [1.82, 2.24) is 20.1 Å². The van der Waals surface area contributed by atoms with Crippen molar-refractivity contribution >= 4 is 51.9 Å². The van der Waals surface area contributed by atoms with E-state index in [1.165, 1.54) is 0 Å². The van der Waals surface area contributed by atoms with E-state index in [-0.39, 0.29) is 53.3 Å². The van der Waals surface area contributed by atoms with E-state index in [2.05, 4.69) is 20.8 Å². The number of carbonyl (C=O) groups excluding carboxylic acids is 4. The van der Waals surface area contributed by atoms with Crippen LogP contribution in [0.3, 0.4) is 0 Å². The molecule has 15 heteroatoms. The van der Waals surface area contributed by atoms with E-state index >= 15 is 0 Å². The summed E-state index contributed by atoms with van der Waals surface area (Å²) in [6.45, 7) is 7.72. The zero-order valence-electron chi connectivity index (χ0n) is 27.3. The van der Waals surface area contributed by atoms with Gasteiger partial charge in [0, 0.05) is 5.69 Å². The van der Waals surface area contributed by atoms with Gasteiger partial charge in [-0.15, -0.1) is 21.5 Å². The molecule has 0 saturated heterocycles. The summed E-state index contributed by atoms with van der Waals surface area (Å²) in [7, 11) is 1.58. The van der Waals surface area contributed by atoms with Gasteiger partial charge in [0.25, 0.3) is 0 Å². The van der Waals surface area contributed by atoms with E-state index in [0.717, 1.165) is 28.7 Å². The Balaban J connectivity index is 1.52. The van der Waals surface area contributed by atoms with Crippen LogP contribution in [0.5, 0.6) is 11.5 Å². The number of nitrogens with one attached hydrogen (secondary N) is 2. The van der Waals surface area contributed by atoms with E-state index in [4.69, 9.17) is 18.9 Å². The Morgan fingerprint density at radius 1 is 0.854 bits per heavy atom. The predicted molar refractivity (Wildman–Crippen MR) is 181 cm³/mol. The summed E-state index contributed by atoms with van der Waals surface area (Å²) in [6.07, 6.45) is 0.164. The first-order valence-electron chi connectivity index (χ1n) is 15.2. The van der Waals surface area contributed by atoms with Crippen LogP contribution in [0.15, 0.2) is 53.7 Å². The van der Waals surface area contributed by atoms with Crippen LogP contribution in [0.1, 0.15) is 57.8 Å². The van der Waals surface area contributed by atoms with Crippen molar-refractivity contribution in [3.05, 3.63) is 75.9 Å². The van der Waals surface area contributed by atoms with E-state index < -0.39 is 17.8 Å². The summed E-state index contributed by atoms with van der Waals surface area (Å²) < 4.78 is 22.8. The smallest absolute Gasteiger partial charge is 0.348 e. The molecule has 0 bridgehead atoms. The molecule has 0 atom stereocenters. The topological polar surface area (TPSA) is 160 Å². The van der Waals surface area contributed by atoms with Crippen LogP contribution >= 0.6 is 23.1 Å². The van der Waals surface area contributed by atoms with E-state index in [1.54, 1.807) is 44.6 Å². The minimum atomic E-state index is -0.654. The molecule has 4 rings (SSSR count). The van der Waals surface area contributed by atoms with Crippen LogP contribution in [-0.4, -0.2) is 71.2 Å². The summed E-state index contributed by atoms with van der Waals surface area (Å²) in [5.41, 5.74) is 2.00. The molecule has 2 N–H and O–H groups in total. The lowest BCUT2D eigenvalue weighted by Gasteiger charge is -2.12. The van der Waals surface area contributed by atoms with Crippen LogP contribution in [0.25, 0.3) is 5.69 Å². The largest absolute Gasteiger partial charge is 0.497 e. The third-order valence-corrected chi connectivity index (χ3v) is 8.86. The maximum Gasteiger partial charge on any atom is 0.348 e. The van der Waals surface area contributed by atoms with Gasteiger partial charge in [-0.1, -0.05) is 23.9 Å². The lowest BCUT2D eigenvalue weighted by molar-refractivity contribution is -0.120. The van der Waals surface area contributed by atoms with Gasteiger partial charge in [-0.05, 0) is 75.2 Å². The number of benzene rings is 2. The number of thiophene rings is 1. The van der Waals surface area contributed by atoms with Gasteiger partial charge in [0.2, 0.25) is 11.8 Å². The van der Waals surface area contributed by atoms with E-state index in [9.17, 15) is 19.2 Å². The number of methoxy groups -OCH3 is 1. The van der Waals surface area contributed by atoms with Crippen LogP contribution in [0, 0.1) is 6.92 Å². The molecule has 2 aromatic carbocycles. The molecular formula is C33H37N5O8S2. The molecule has 0 unspecified atom stereocenters. The molecule has 0 aliphatic rings. The second kappa shape index (κ2) is 17.3. The molecule has 0 radical (unpaired) electrons. The van der Waals surface area contributed by atoms with E-state index in [1.807, 2.05) is 43.3 Å². The van der Waals surface area contributed by atoms with Gasteiger partial charge in [0.1, 0.15) is 21.4 Å². The van der Waals surface area contributed by atoms with E-state index in [0.29, 0.717) is 40.3 Å². The van der Waals surface area contributed by atoms with Crippen molar-refractivity contribution in [1.29, 1.82) is 0 Å². The Hall–Kier alpha value is -4.89. The quantitative estimate of drug-likeness (QED) is 0.120. The Bertz CT molecular complexity index is 1740. The highest BCUT2D eigenvalue weighted by Gasteiger charge is 2.27. The standard InChI is InChI=1S/C33H37N5O8S2/c1-6-44-24-15-11-22(12-16-24)38-25(18-34-26(39)17-21-9-13-23(43-5)14-10-21)36-37-33(38)47-19-27(40)35-30-28(31(41)45-7-2)20(4)29(48-30)32(42)46-8-3/h9-16H,6-8,17-19H2,1-5H3,(H,34,39)(H,35,40). The highest BCUT2D eigenvalue weighted by atomic mass is 32.2. The van der Waals surface area contributed by atoms with Crippen molar-refractivity contribution in [3.8, 4) is 17.2 Å². The minimum absolute atomic E-state index is 0.0793. The fourth-order valence-electron chi connectivity index (χ4n) is 4.53. The van der Waals surface area contributed by atoms with Gasteiger partial charge < -0.3 is 29.6 Å². The van der Waals surface area contributed by atoms with Crippen molar-refractivity contribution in [2.24, 2.45) is 0 Å². The fraction of sp³-hybridized carbons (Fsp3) is 0.333. The number of rotatable bonds is 16. The normalized spacial score (nSPS) is 10.7. The summed E-state index contributed by atoms with van der Waals surface area (Å²) in [5, 5.41) is 14.8. The molecule has 4 aromatic rings. The average molecular weight is 696 g/mol. The Kier molecular flexibility index (Phi) is 13.0. The lowest BCUT2D eigenvalue weighted by Crippen LogP contribution is -2.26. The maximum absolute atomic E-state index is 13.2. The van der Waals surface area contributed by atoms with Crippen molar-refractivity contribution < 1.29 is 38.1 Å². The number of aromatic nitrogens is 3. The number of esters is 2. The molecule has 0 aliphatic heterocycles.